The van der Waals surface area contributed by atoms with E-state index >= 15 is 0 Å². The molecule has 0 spiro atoms. The Kier molecular flexibility index (Phi) is 2.65. The number of thiophene rings is 1. The molecule has 1 heterocycles. The minimum Gasteiger partial charge on any atom is -0.391 e. The van der Waals surface area contributed by atoms with Crippen molar-refractivity contribution in [3.05, 3.63) is 21.9 Å². The predicted octanol–water partition coefficient (Wildman–Crippen LogP) is 1.44. The van der Waals surface area contributed by atoms with Crippen LogP contribution in [0.4, 0.5) is 0 Å². The Morgan fingerprint density at radius 1 is 1.64 bits per heavy atom. The second-order valence-corrected chi connectivity index (χ2v) is 3.74. The summed E-state index contributed by atoms with van der Waals surface area (Å²) in [6, 6.07) is 1.79. The molecular weight excluding hydrogens is 158 g/mol. The molecule has 3 N–H and O–H groups in total. The maximum Gasteiger partial charge on any atom is 0.0712 e. The van der Waals surface area contributed by atoms with Crippen LogP contribution in [-0.4, -0.2) is 11.2 Å². The fourth-order valence-corrected chi connectivity index (χ4v) is 1.86. The lowest BCUT2D eigenvalue weighted by atomic mass is 10.1. The average molecular weight is 171 g/mol. The minimum atomic E-state index is -0.465. The highest BCUT2D eigenvalue weighted by Gasteiger charge is 2.12. The standard InChI is InChI=1S/C8H13NOS/c1-5-3-7(11-4-5)8(9)6(2)10/h3-4,6,8,10H,9H2,1-2H3/t6-,8-/m1/s1. The second kappa shape index (κ2) is 3.34. The molecule has 0 aliphatic rings. The molecule has 0 radical (unpaired) electrons. The maximum atomic E-state index is 9.17. The van der Waals surface area contributed by atoms with Gasteiger partial charge in [-0.1, -0.05) is 0 Å². The van der Waals surface area contributed by atoms with Crippen molar-refractivity contribution in [1.29, 1.82) is 0 Å². The molecule has 0 unspecified atom stereocenters. The quantitative estimate of drug-likeness (QED) is 0.707. The Hall–Kier alpha value is -0.380. The SMILES string of the molecule is Cc1csc([C@H](N)[C@@H](C)O)c1. The third kappa shape index (κ3) is 2.02. The summed E-state index contributed by atoms with van der Waals surface area (Å²) in [5.74, 6) is 0. The molecule has 2 atom stereocenters. The topological polar surface area (TPSA) is 46.2 Å². The van der Waals surface area contributed by atoms with E-state index in [1.807, 2.05) is 18.4 Å². The number of aliphatic hydroxyl groups is 1. The molecule has 3 heteroatoms. The van der Waals surface area contributed by atoms with Gasteiger partial charge in [0.1, 0.15) is 0 Å². The fraction of sp³-hybridized carbons (Fsp3) is 0.500. The first-order chi connectivity index (χ1) is 5.11. The molecule has 1 aromatic heterocycles. The molecule has 0 saturated carbocycles. The molecule has 0 saturated heterocycles. The van der Waals surface area contributed by atoms with Gasteiger partial charge in [0, 0.05) is 4.88 Å². The highest BCUT2D eigenvalue weighted by atomic mass is 32.1. The van der Waals surface area contributed by atoms with Crippen LogP contribution in [0.3, 0.4) is 0 Å². The van der Waals surface area contributed by atoms with Crippen molar-refractivity contribution in [3.8, 4) is 0 Å². The molecule has 62 valence electrons. The van der Waals surface area contributed by atoms with E-state index < -0.39 is 6.10 Å². The number of hydrogen-bond acceptors (Lipinski definition) is 3. The number of aryl methyl sites for hydroxylation is 1. The van der Waals surface area contributed by atoms with Crippen molar-refractivity contribution in [2.45, 2.75) is 26.0 Å². The van der Waals surface area contributed by atoms with Crippen LogP contribution in [0.5, 0.6) is 0 Å². The van der Waals surface area contributed by atoms with E-state index in [0.717, 1.165) is 4.88 Å². The van der Waals surface area contributed by atoms with Gasteiger partial charge in [0.05, 0.1) is 12.1 Å². The molecule has 0 aromatic carbocycles. The van der Waals surface area contributed by atoms with Crippen LogP contribution in [0.1, 0.15) is 23.4 Å². The van der Waals surface area contributed by atoms with Crippen molar-refractivity contribution in [2.24, 2.45) is 5.73 Å². The summed E-state index contributed by atoms with van der Waals surface area (Å²) in [6.45, 7) is 3.73. The second-order valence-electron chi connectivity index (χ2n) is 2.79. The van der Waals surface area contributed by atoms with E-state index in [2.05, 4.69) is 0 Å². The average Bonchev–Trinajstić information content (AvgIpc) is 2.34. The van der Waals surface area contributed by atoms with Crippen LogP contribution in [0, 0.1) is 6.92 Å². The first-order valence-corrected chi connectivity index (χ1v) is 4.48. The van der Waals surface area contributed by atoms with Crippen LogP contribution in [-0.2, 0) is 0 Å². The van der Waals surface area contributed by atoms with Gasteiger partial charge >= 0.3 is 0 Å². The number of nitrogens with two attached hydrogens (primary N) is 1. The van der Waals surface area contributed by atoms with E-state index in [1.54, 1.807) is 18.3 Å². The number of hydrogen-bond donors (Lipinski definition) is 2. The Labute approximate surface area is 70.7 Å². The Morgan fingerprint density at radius 3 is 2.64 bits per heavy atom. The van der Waals surface area contributed by atoms with Crippen LogP contribution in [0.15, 0.2) is 11.4 Å². The lowest BCUT2D eigenvalue weighted by Crippen LogP contribution is -2.21. The van der Waals surface area contributed by atoms with Gasteiger partial charge in [0.2, 0.25) is 0 Å². The molecule has 2 nitrogen and oxygen atoms in total. The van der Waals surface area contributed by atoms with Gasteiger partial charge in [-0.3, -0.25) is 0 Å². The summed E-state index contributed by atoms with van der Waals surface area (Å²) in [6.07, 6.45) is -0.465. The van der Waals surface area contributed by atoms with Crippen molar-refractivity contribution in [2.75, 3.05) is 0 Å². The van der Waals surface area contributed by atoms with E-state index in [9.17, 15) is 0 Å². The Balaban J connectivity index is 2.76. The third-order valence-corrected chi connectivity index (χ3v) is 2.75. The monoisotopic (exact) mass is 171 g/mol. The predicted molar refractivity (Wildman–Crippen MR) is 47.7 cm³/mol. The largest absolute Gasteiger partial charge is 0.391 e. The zero-order valence-electron chi connectivity index (χ0n) is 6.74. The lowest BCUT2D eigenvalue weighted by molar-refractivity contribution is 0.165. The van der Waals surface area contributed by atoms with E-state index in [0.29, 0.717) is 0 Å². The number of rotatable bonds is 2. The highest BCUT2D eigenvalue weighted by molar-refractivity contribution is 7.10. The van der Waals surface area contributed by atoms with Crippen LogP contribution in [0.25, 0.3) is 0 Å². The summed E-state index contributed by atoms with van der Waals surface area (Å²) in [5, 5.41) is 11.2. The molecule has 1 rings (SSSR count). The fourth-order valence-electron chi connectivity index (χ4n) is 0.866. The van der Waals surface area contributed by atoms with Crippen molar-refractivity contribution >= 4 is 11.3 Å². The Bertz CT molecular complexity index is 232. The minimum absolute atomic E-state index is 0.228. The van der Waals surface area contributed by atoms with Gasteiger partial charge in [-0.25, -0.2) is 0 Å². The maximum absolute atomic E-state index is 9.17. The third-order valence-electron chi connectivity index (χ3n) is 1.60. The molecular formula is C8H13NOS. The molecule has 0 aliphatic heterocycles. The summed E-state index contributed by atoms with van der Waals surface area (Å²) in [7, 11) is 0. The first kappa shape index (κ1) is 8.71. The van der Waals surface area contributed by atoms with Gasteiger partial charge in [-0.05, 0) is 30.9 Å². The number of aliphatic hydroxyl groups excluding tert-OH is 1. The van der Waals surface area contributed by atoms with Crippen LogP contribution in [0.2, 0.25) is 0 Å². The van der Waals surface area contributed by atoms with E-state index in [-0.39, 0.29) is 6.04 Å². The first-order valence-electron chi connectivity index (χ1n) is 3.60. The van der Waals surface area contributed by atoms with Gasteiger partial charge in [-0.15, -0.1) is 11.3 Å². The molecule has 1 aromatic rings. The summed E-state index contributed by atoms with van der Waals surface area (Å²) in [4.78, 5) is 1.05. The molecule has 0 amide bonds. The summed E-state index contributed by atoms with van der Waals surface area (Å²) < 4.78 is 0. The van der Waals surface area contributed by atoms with Crippen molar-refractivity contribution in [1.82, 2.24) is 0 Å². The smallest absolute Gasteiger partial charge is 0.0712 e. The van der Waals surface area contributed by atoms with Gasteiger partial charge in [-0.2, -0.15) is 0 Å². The molecule has 11 heavy (non-hydrogen) atoms. The summed E-state index contributed by atoms with van der Waals surface area (Å²) in [5.41, 5.74) is 6.92. The lowest BCUT2D eigenvalue weighted by Gasteiger charge is -2.11. The molecule has 0 bridgehead atoms. The highest BCUT2D eigenvalue weighted by Crippen LogP contribution is 2.21. The van der Waals surface area contributed by atoms with Crippen molar-refractivity contribution < 1.29 is 5.11 Å². The van der Waals surface area contributed by atoms with E-state index in [4.69, 9.17) is 10.8 Å². The van der Waals surface area contributed by atoms with Crippen LogP contribution >= 0.6 is 11.3 Å². The van der Waals surface area contributed by atoms with Crippen LogP contribution < -0.4 is 5.73 Å². The zero-order chi connectivity index (χ0) is 8.43. The normalized spacial score (nSPS) is 16.4. The van der Waals surface area contributed by atoms with Crippen molar-refractivity contribution in [3.63, 3.8) is 0 Å². The Morgan fingerprint density at radius 2 is 2.27 bits per heavy atom. The van der Waals surface area contributed by atoms with Gasteiger partial charge in [0.25, 0.3) is 0 Å². The van der Waals surface area contributed by atoms with Gasteiger partial charge < -0.3 is 10.8 Å². The van der Waals surface area contributed by atoms with E-state index in [1.165, 1.54) is 5.56 Å². The summed E-state index contributed by atoms with van der Waals surface area (Å²) >= 11 is 1.60. The zero-order valence-corrected chi connectivity index (χ0v) is 7.56. The molecule has 0 fully saturated rings. The van der Waals surface area contributed by atoms with Gasteiger partial charge in [0.15, 0.2) is 0 Å². The molecule has 0 aliphatic carbocycles.